The first-order valence-corrected chi connectivity index (χ1v) is 6.71. The van der Waals surface area contributed by atoms with Gasteiger partial charge in [0.25, 0.3) is 0 Å². The highest BCUT2D eigenvalue weighted by Crippen LogP contribution is 2.14. The Morgan fingerprint density at radius 2 is 1.95 bits per heavy atom. The summed E-state index contributed by atoms with van der Waals surface area (Å²) >= 11 is 0. The SMILES string of the molecule is CC(C)COCCCNCc1c(F)cc(C#N)cc1F. The van der Waals surface area contributed by atoms with E-state index in [1.807, 2.05) is 0 Å². The first kappa shape index (κ1) is 16.5. The Kier molecular flexibility index (Phi) is 7.13. The molecule has 1 N–H and O–H groups in total. The van der Waals surface area contributed by atoms with E-state index in [9.17, 15) is 8.78 Å². The van der Waals surface area contributed by atoms with Crippen LogP contribution in [0.4, 0.5) is 8.78 Å². The van der Waals surface area contributed by atoms with Crippen LogP contribution < -0.4 is 5.32 Å². The molecule has 0 spiro atoms. The first-order chi connectivity index (χ1) is 9.54. The van der Waals surface area contributed by atoms with E-state index >= 15 is 0 Å². The molecule has 0 saturated carbocycles. The predicted molar refractivity (Wildman–Crippen MR) is 73.1 cm³/mol. The summed E-state index contributed by atoms with van der Waals surface area (Å²) in [7, 11) is 0. The monoisotopic (exact) mass is 282 g/mol. The molecule has 0 amide bonds. The zero-order valence-electron chi connectivity index (χ0n) is 11.9. The van der Waals surface area contributed by atoms with Crippen LogP contribution in [0.25, 0.3) is 0 Å². The summed E-state index contributed by atoms with van der Waals surface area (Å²) in [5.41, 5.74) is -0.0436. The van der Waals surface area contributed by atoms with Crippen molar-refractivity contribution < 1.29 is 13.5 Å². The van der Waals surface area contributed by atoms with Gasteiger partial charge >= 0.3 is 0 Å². The number of hydrogen-bond acceptors (Lipinski definition) is 3. The molecule has 1 rings (SSSR count). The number of nitrogens with one attached hydrogen (secondary N) is 1. The lowest BCUT2D eigenvalue weighted by atomic mass is 10.1. The zero-order chi connectivity index (χ0) is 15.0. The van der Waals surface area contributed by atoms with Gasteiger partial charge in [0.15, 0.2) is 0 Å². The molecule has 110 valence electrons. The van der Waals surface area contributed by atoms with E-state index in [-0.39, 0.29) is 17.7 Å². The van der Waals surface area contributed by atoms with Gasteiger partial charge in [-0.05, 0) is 31.0 Å². The van der Waals surface area contributed by atoms with Crippen LogP contribution in [0.5, 0.6) is 0 Å². The fourth-order valence-electron chi connectivity index (χ4n) is 1.67. The maximum Gasteiger partial charge on any atom is 0.131 e. The van der Waals surface area contributed by atoms with Crippen LogP contribution in [0, 0.1) is 28.9 Å². The van der Waals surface area contributed by atoms with Crippen molar-refractivity contribution in [3.05, 3.63) is 34.9 Å². The summed E-state index contributed by atoms with van der Waals surface area (Å²) in [5.74, 6) is -0.875. The zero-order valence-corrected chi connectivity index (χ0v) is 11.9. The maximum absolute atomic E-state index is 13.6. The average molecular weight is 282 g/mol. The molecule has 0 fully saturated rings. The standard InChI is InChI=1S/C15H20F2N2O/c1-11(2)10-20-5-3-4-19-9-13-14(16)6-12(8-18)7-15(13)17/h6-7,11,19H,3-5,9-10H2,1-2H3. The van der Waals surface area contributed by atoms with E-state index < -0.39 is 11.6 Å². The Morgan fingerprint density at radius 3 is 2.50 bits per heavy atom. The lowest BCUT2D eigenvalue weighted by Gasteiger charge is -2.09. The normalized spacial score (nSPS) is 10.8. The van der Waals surface area contributed by atoms with E-state index in [1.165, 1.54) is 0 Å². The smallest absolute Gasteiger partial charge is 0.131 e. The summed E-state index contributed by atoms with van der Waals surface area (Å²) < 4.78 is 32.5. The summed E-state index contributed by atoms with van der Waals surface area (Å²) in [6, 6.07) is 3.81. The van der Waals surface area contributed by atoms with Crippen molar-refractivity contribution in [2.24, 2.45) is 5.92 Å². The van der Waals surface area contributed by atoms with E-state index in [1.54, 1.807) is 6.07 Å². The van der Waals surface area contributed by atoms with E-state index in [2.05, 4.69) is 19.2 Å². The predicted octanol–water partition coefficient (Wildman–Crippen LogP) is 2.99. The lowest BCUT2D eigenvalue weighted by molar-refractivity contribution is 0.108. The third-order valence-electron chi connectivity index (χ3n) is 2.67. The van der Waals surface area contributed by atoms with Gasteiger partial charge in [-0.2, -0.15) is 5.26 Å². The number of benzene rings is 1. The summed E-state index contributed by atoms with van der Waals surface area (Å²) in [6.07, 6.45) is 0.784. The largest absolute Gasteiger partial charge is 0.381 e. The fourth-order valence-corrected chi connectivity index (χ4v) is 1.67. The molecule has 0 saturated heterocycles. The Bertz CT molecular complexity index is 446. The van der Waals surface area contributed by atoms with Crippen molar-refractivity contribution in [2.75, 3.05) is 19.8 Å². The molecule has 3 nitrogen and oxygen atoms in total. The second-order valence-electron chi connectivity index (χ2n) is 5.03. The molecule has 0 radical (unpaired) electrons. The molecule has 1 aromatic carbocycles. The van der Waals surface area contributed by atoms with Gasteiger partial charge in [-0.3, -0.25) is 0 Å². The number of ether oxygens (including phenoxy) is 1. The fraction of sp³-hybridized carbons (Fsp3) is 0.533. The molecule has 20 heavy (non-hydrogen) atoms. The van der Waals surface area contributed by atoms with Crippen molar-refractivity contribution in [3.8, 4) is 6.07 Å². The maximum atomic E-state index is 13.6. The Balaban J connectivity index is 2.31. The van der Waals surface area contributed by atoms with Gasteiger partial charge in [0.2, 0.25) is 0 Å². The Morgan fingerprint density at radius 1 is 1.30 bits per heavy atom. The highest BCUT2D eigenvalue weighted by molar-refractivity contribution is 5.34. The number of halogens is 2. The summed E-state index contributed by atoms with van der Waals surface area (Å²) in [4.78, 5) is 0. The van der Waals surface area contributed by atoms with Gasteiger partial charge in [0.05, 0.1) is 11.6 Å². The van der Waals surface area contributed by atoms with Gasteiger partial charge in [0, 0.05) is 25.3 Å². The number of hydrogen-bond donors (Lipinski definition) is 1. The third kappa shape index (κ3) is 5.64. The molecule has 1 aromatic rings. The molecular formula is C15H20F2N2O. The molecule has 0 aliphatic heterocycles. The number of rotatable bonds is 8. The van der Waals surface area contributed by atoms with E-state index in [0.29, 0.717) is 19.1 Å². The second kappa shape index (κ2) is 8.62. The molecule has 0 aliphatic carbocycles. The molecule has 0 bridgehead atoms. The highest BCUT2D eigenvalue weighted by atomic mass is 19.1. The van der Waals surface area contributed by atoms with Gasteiger partial charge in [-0.25, -0.2) is 8.78 Å². The van der Waals surface area contributed by atoms with Crippen LogP contribution in [0.2, 0.25) is 0 Å². The molecular weight excluding hydrogens is 262 g/mol. The number of nitriles is 1. The third-order valence-corrected chi connectivity index (χ3v) is 2.67. The number of nitrogens with zero attached hydrogens (tertiary/aromatic N) is 1. The minimum Gasteiger partial charge on any atom is -0.381 e. The Labute approximate surface area is 118 Å². The highest BCUT2D eigenvalue weighted by Gasteiger charge is 2.10. The van der Waals surface area contributed by atoms with Crippen LogP contribution in [-0.2, 0) is 11.3 Å². The quantitative estimate of drug-likeness (QED) is 0.746. The second-order valence-corrected chi connectivity index (χ2v) is 5.03. The molecule has 5 heteroatoms. The van der Waals surface area contributed by atoms with E-state index in [0.717, 1.165) is 25.2 Å². The van der Waals surface area contributed by atoms with Crippen LogP contribution in [0.1, 0.15) is 31.4 Å². The van der Waals surface area contributed by atoms with Crippen LogP contribution in [0.3, 0.4) is 0 Å². The van der Waals surface area contributed by atoms with Gasteiger partial charge in [-0.1, -0.05) is 13.8 Å². The van der Waals surface area contributed by atoms with Crippen molar-refractivity contribution in [1.29, 1.82) is 5.26 Å². The van der Waals surface area contributed by atoms with Crippen molar-refractivity contribution in [1.82, 2.24) is 5.32 Å². The average Bonchev–Trinajstić information content (AvgIpc) is 2.39. The minimum absolute atomic E-state index is 0.00849. The van der Waals surface area contributed by atoms with Crippen molar-refractivity contribution in [2.45, 2.75) is 26.8 Å². The molecule has 0 aromatic heterocycles. The molecule has 0 atom stereocenters. The lowest BCUT2D eigenvalue weighted by Crippen LogP contribution is -2.18. The molecule has 0 aliphatic rings. The van der Waals surface area contributed by atoms with Crippen LogP contribution >= 0.6 is 0 Å². The van der Waals surface area contributed by atoms with Crippen LogP contribution in [-0.4, -0.2) is 19.8 Å². The molecule has 0 heterocycles. The van der Waals surface area contributed by atoms with Gasteiger partial charge in [0.1, 0.15) is 11.6 Å². The Hall–Kier alpha value is -1.51. The van der Waals surface area contributed by atoms with Crippen molar-refractivity contribution >= 4 is 0 Å². The first-order valence-electron chi connectivity index (χ1n) is 6.71. The van der Waals surface area contributed by atoms with Crippen molar-refractivity contribution in [3.63, 3.8) is 0 Å². The van der Waals surface area contributed by atoms with Gasteiger partial charge < -0.3 is 10.1 Å². The minimum atomic E-state index is -0.690. The molecule has 0 unspecified atom stereocenters. The van der Waals surface area contributed by atoms with Crippen LogP contribution in [0.15, 0.2) is 12.1 Å². The summed E-state index contributed by atoms with van der Waals surface area (Å²) in [5, 5.41) is 11.6. The van der Waals surface area contributed by atoms with E-state index in [4.69, 9.17) is 10.00 Å². The topological polar surface area (TPSA) is 45.0 Å². The summed E-state index contributed by atoms with van der Waals surface area (Å²) in [6.45, 7) is 6.23. The van der Waals surface area contributed by atoms with Gasteiger partial charge in [-0.15, -0.1) is 0 Å².